The molecule has 2 aliphatic heterocycles. The summed E-state index contributed by atoms with van der Waals surface area (Å²) in [4.78, 5) is 26.6. The molecule has 0 aliphatic carbocycles. The number of rotatable bonds is 4. The smallest absolute Gasteiger partial charge is 0.248 e. The number of aromatic nitrogens is 1. The van der Waals surface area contributed by atoms with Crippen LogP contribution in [0.4, 0.5) is 0 Å². The third-order valence-corrected chi connectivity index (χ3v) is 6.23. The number of pyridine rings is 1. The van der Waals surface area contributed by atoms with Gasteiger partial charge in [0, 0.05) is 40.5 Å². The van der Waals surface area contributed by atoms with E-state index in [4.69, 9.17) is 5.73 Å². The van der Waals surface area contributed by atoms with Crippen molar-refractivity contribution in [2.45, 2.75) is 18.3 Å². The number of halogens is 1. The molecular formula is C15H15IN3O2S2+. The Kier molecular flexibility index (Phi) is 5.14. The van der Waals surface area contributed by atoms with Gasteiger partial charge in [0.15, 0.2) is 24.3 Å². The number of amides is 1. The Morgan fingerprint density at radius 1 is 1.48 bits per heavy atom. The minimum absolute atomic E-state index is 0.107. The van der Waals surface area contributed by atoms with Crippen molar-refractivity contribution in [1.29, 1.82) is 0 Å². The van der Waals surface area contributed by atoms with E-state index in [-0.39, 0.29) is 15.1 Å². The number of hydrogen-bond donors (Lipinski definition) is 1. The second-order valence-corrected chi connectivity index (χ2v) is 8.50. The second-order valence-electron chi connectivity index (χ2n) is 5.16. The van der Waals surface area contributed by atoms with Crippen molar-refractivity contribution in [3.63, 3.8) is 0 Å². The molecule has 2 atom stereocenters. The summed E-state index contributed by atoms with van der Waals surface area (Å²) in [6, 6.07) is 5.38. The molecule has 23 heavy (non-hydrogen) atoms. The molecule has 0 radical (unpaired) electrons. The Hall–Kier alpha value is -0.840. The van der Waals surface area contributed by atoms with Crippen molar-refractivity contribution in [3.8, 4) is 0 Å². The van der Waals surface area contributed by atoms with Crippen LogP contribution in [0.25, 0.3) is 0 Å². The molecule has 0 saturated carbocycles. The maximum absolute atomic E-state index is 12.0. The predicted octanol–water partition coefficient (Wildman–Crippen LogP) is 1.83. The van der Waals surface area contributed by atoms with Crippen LogP contribution in [0.1, 0.15) is 6.92 Å². The molecule has 2 aliphatic rings. The van der Waals surface area contributed by atoms with E-state index in [1.165, 1.54) is 0 Å². The Balaban J connectivity index is 1.88. The molecule has 1 saturated heterocycles. The summed E-state index contributed by atoms with van der Waals surface area (Å²) in [5, 5.41) is -0.107. The summed E-state index contributed by atoms with van der Waals surface area (Å²) in [5.41, 5.74) is 7.18. The first kappa shape index (κ1) is 17.0. The number of nitrogens with two attached hydrogens (primary N) is 1. The van der Waals surface area contributed by atoms with E-state index in [1.807, 2.05) is 47.6 Å². The summed E-state index contributed by atoms with van der Waals surface area (Å²) >= 11 is 4.91. The molecule has 8 heteroatoms. The van der Waals surface area contributed by atoms with Crippen molar-refractivity contribution in [2.75, 3.05) is 5.75 Å². The fourth-order valence-electron chi connectivity index (χ4n) is 2.51. The number of β-lactam (4-membered cyclic amide) rings is 1. The molecule has 3 heterocycles. The van der Waals surface area contributed by atoms with Crippen molar-refractivity contribution in [1.82, 2.24) is 4.90 Å². The molecule has 0 spiro atoms. The van der Waals surface area contributed by atoms with Gasteiger partial charge >= 0.3 is 0 Å². The quantitative estimate of drug-likeness (QED) is 0.322. The first-order valence-electron chi connectivity index (χ1n) is 6.95. The van der Waals surface area contributed by atoms with E-state index in [0.717, 1.165) is 10.5 Å². The fourth-order valence-corrected chi connectivity index (χ4v) is 5.16. The van der Waals surface area contributed by atoms with Gasteiger partial charge in [0.05, 0.1) is 4.91 Å². The number of carbonyl (C=O) groups excluding carboxylic acids is 2. The van der Waals surface area contributed by atoms with Gasteiger partial charge in [-0.25, -0.2) is 0 Å². The predicted molar refractivity (Wildman–Crippen MR) is 101 cm³/mol. The van der Waals surface area contributed by atoms with Crippen LogP contribution in [-0.2, 0) is 9.59 Å². The van der Waals surface area contributed by atoms with E-state index in [0.29, 0.717) is 11.4 Å². The zero-order chi connectivity index (χ0) is 16.6. The van der Waals surface area contributed by atoms with Crippen LogP contribution in [0.15, 0.2) is 52.8 Å². The van der Waals surface area contributed by atoms with Crippen molar-refractivity contribution < 1.29 is 13.6 Å². The van der Waals surface area contributed by atoms with Gasteiger partial charge in [0.2, 0.25) is 9.70 Å². The van der Waals surface area contributed by atoms with Gasteiger partial charge in [-0.05, 0) is 18.6 Å². The SMILES string of the molecule is CC(=CC1=C(C(=O)I)N2C(=O)C(N)[C@@H]2SC1)S[n+]1ccccc1. The summed E-state index contributed by atoms with van der Waals surface area (Å²) in [5.74, 6) is 0.514. The highest BCUT2D eigenvalue weighted by Crippen LogP contribution is 2.41. The number of fused-ring (bicyclic) bond motifs is 1. The van der Waals surface area contributed by atoms with Gasteiger partial charge in [-0.15, -0.1) is 15.7 Å². The number of allylic oxidation sites excluding steroid dienone is 3. The van der Waals surface area contributed by atoms with Gasteiger partial charge in [0.1, 0.15) is 17.1 Å². The number of thioether (sulfide) groups is 1. The average molecular weight is 460 g/mol. The normalized spacial score (nSPS) is 24.4. The van der Waals surface area contributed by atoms with Crippen LogP contribution < -0.4 is 9.71 Å². The zero-order valence-electron chi connectivity index (χ0n) is 12.3. The van der Waals surface area contributed by atoms with Gasteiger partial charge in [-0.2, -0.15) is 0 Å². The van der Waals surface area contributed by atoms with Gasteiger partial charge in [0.25, 0.3) is 0 Å². The molecule has 3 rings (SSSR count). The second kappa shape index (κ2) is 6.96. The number of nitrogens with zero attached hydrogens (tertiary/aromatic N) is 2. The molecule has 1 aromatic rings. The summed E-state index contributed by atoms with van der Waals surface area (Å²) in [7, 11) is 0. The third-order valence-electron chi connectivity index (χ3n) is 3.54. The summed E-state index contributed by atoms with van der Waals surface area (Å²) < 4.78 is 1.87. The van der Waals surface area contributed by atoms with Crippen LogP contribution in [0, 0.1) is 0 Å². The van der Waals surface area contributed by atoms with Crippen LogP contribution in [-0.4, -0.2) is 31.8 Å². The monoisotopic (exact) mass is 460 g/mol. The lowest BCUT2D eigenvalue weighted by Crippen LogP contribution is -2.68. The lowest BCUT2D eigenvalue weighted by Gasteiger charge is -2.48. The lowest BCUT2D eigenvalue weighted by molar-refractivity contribution is -0.493. The van der Waals surface area contributed by atoms with Crippen LogP contribution in [0.3, 0.4) is 0 Å². The number of carbonyl (C=O) groups is 2. The molecule has 120 valence electrons. The Labute approximate surface area is 156 Å². The molecule has 1 aromatic heterocycles. The Morgan fingerprint density at radius 3 is 2.83 bits per heavy atom. The first-order valence-corrected chi connectivity index (χ1v) is 9.85. The van der Waals surface area contributed by atoms with Gasteiger partial charge < -0.3 is 5.73 Å². The number of hydrogen-bond acceptors (Lipinski definition) is 5. The molecule has 2 N–H and O–H groups in total. The van der Waals surface area contributed by atoms with Crippen LogP contribution in [0.2, 0.25) is 0 Å². The van der Waals surface area contributed by atoms with Crippen LogP contribution >= 0.6 is 46.3 Å². The molecule has 0 aromatic carbocycles. The maximum atomic E-state index is 12.0. The first-order chi connectivity index (χ1) is 11.0. The lowest BCUT2D eigenvalue weighted by atomic mass is 10.0. The zero-order valence-corrected chi connectivity index (χ0v) is 16.1. The van der Waals surface area contributed by atoms with E-state index >= 15 is 0 Å². The van der Waals surface area contributed by atoms with E-state index < -0.39 is 6.04 Å². The minimum Gasteiger partial charge on any atom is -0.317 e. The molecule has 5 nitrogen and oxygen atoms in total. The fraction of sp³-hybridized carbons (Fsp3) is 0.267. The molecule has 1 unspecified atom stereocenters. The van der Waals surface area contributed by atoms with Crippen LogP contribution in [0.5, 0.6) is 0 Å². The van der Waals surface area contributed by atoms with E-state index in [2.05, 4.69) is 0 Å². The van der Waals surface area contributed by atoms with Crippen molar-refractivity contribution in [2.24, 2.45) is 5.73 Å². The highest BCUT2D eigenvalue weighted by atomic mass is 127. The largest absolute Gasteiger partial charge is 0.317 e. The van der Waals surface area contributed by atoms with E-state index in [1.54, 1.807) is 51.2 Å². The highest BCUT2D eigenvalue weighted by molar-refractivity contribution is 14.1. The Bertz CT molecular complexity index is 721. The molecule has 0 bridgehead atoms. The highest BCUT2D eigenvalue weighted by Gasteiger charge is 2.50. The van der Waals surface area contributed by atoms with Gasteiger partial charge in [-0.3, -0.25) is 14.5 Å². The maximum Gasteiger partial charge on any atom is 0.248 e. The standard InChI is InChI=1S/C15H15IN3O2S2/c1-9(23-18-5-3-2-4-6-18)7-10-8-22-15-11(17)14(21)19(15)12(10)13(16)20/h2-7,11,15H,8,17H2,1H3/q+1/t11?,15-/m0/s1. The Morgan fingerprint density at radius 2 is 2.17 bits per heavy atom. The van der Waals surface area contributed by atoms with E-state index in [9.17, 15) is 9.59 Å². The third kappa shape index (κ3) is 3.35. The average Bonchev–Trinajstić information content (AvgIpc) is 2.54. The minimum atomic E-state index is -0.494. The molecule has 1 fully saturated rings. The topological polar surface area (TPSA) is 67.3 Å². The van der Waals surface area contributed by atoms with Crippen molar-refractivity contribution in [3.05, 3.63) is 52.8 Å². The molecule has 1 amide bonds. The summed E-state index contributed by atoms with van der Waals surface area (Å²) in [6.45, 7) is 1.99. The van der Waals surface area contributed by atoms with Gasteiger partial charge in [-0.1, -0.05) is 6.07 Å². The molecular weight excluding hydrogens is 445 g/mol. The summed E-state index contributed by atoms with van der Waals surface area (Å²) in [6.07, 6.45) is 5.91. The van der Waals surface area contributed by atoms with Crippen molar-refractivity contribution >= 4 is 56.0 Å².